The molecule has 0 spiro atoms. The minimum absolute atomic E-state index is 0.0198. The highest BCUT2D eigenvalue weighted by molar-refractivity contribution is 6.14. The van der Waals surface area contributed by atoms with Crippen LogP contribution in [0.3, 0.4) is 0 Å². The Morgan fingerprint density at radius 1 is 1.18 bits per heavy atom. The Labute approximate surface area is 166 Å². The molecule has 5 rings (SSSR count). The van der Waals surface area contributed by atoms with E-state index >= 15 is 0 Å². The van der Waals surface area contributed by atoms with Crippen LogP contribution in [0.1, 0.15) is 44.9 Å². The molecule has 3 unspecified atom stereocenters. The summed E-state index contributed by atoms with van der Waals surface area (Å²) in [4.78, 5) is 21.5. The Kier molecular flexibility index (Phi) is 4.70. The highest BCUT2D eigenvalue weighted by Gasteiger charge is 2.47. The first-order chi connectivity index (χ1) is 13.7. The van der Waals surface area contributed by atoms with E-state index in [1.807, 2.05) is 12.3 Å². The molecule has 1 aliphatic carbocycles. The number of nitrogens with zero attached hydrogens (tertiary/aromatic N) is 3. The number of amides is 1. The predicted molar refractivity (Wildman–Crippen MR) is 107 cm³/mol. The largest absolute Gasteiger partial charge is 0.366 e. The lowest BCUT2D eigenvalue weighted by Gasteiger charge is -2.43. The van der Waals surface area contributed by atoms with Gasteiger partial charge in [-0.25, -0.2) is 0 Å². The summed E-state index contributed by atoms with van der Waals surface area (Å²) >= 11 is 0. The maximum atomic E-state index is 12.7. The van der Waals surface area contributed by atoms with Gasteiger partial charge in [0.2, 0.25) is 5.91 Å². The van der Waals surface area contributed by atoms with Crippen molar-refractivity contribution in [1.82, 2.24) is 15.1 Å². The first-order valence-corrected chi connectivity index (χ1v) is 10.7. The van der Waals surface area contributed by atoms with Crippen LogP contribution in [0.2, 0.25) is 0 Å². The smallest absolute Gasteiger partial charge is 0.226 e. The molecule has 4 fully saturated rings. The Bertz CT molecular complexity index is 734. The van der Waals surface area contributed by atoms with Crippen LogP contribution in [0.5, 0.6) is 0 Å². The van der Waals surface area contributed by atoms with Crippen molar-refractivity contribution < 1.29 is 9.53 Å². The SMILES string of the molecule is N=C1C(N2CC3CCC(C2)N3C(=O)C2CC2)=CC=N/C1=C/NC1CCCCO1. The van der Waals surface area contributed by atoms with Crippen molar-refractivity contribution in [3.05, 3.63) is 23.7 Å². The van der Waals surface area contributed by atoms with Gasteiger partial charge in [-0.15, -0.1) is 0 Å². The summed E-state index contributed by atoms with van der Waals surface area (Å²) in [5.74, 6) is 0.662. The molecule has 1 saturated carbocycles. The number of hydrogen-bond acceptors (Lipinski definition) is 6. The van der Waals surface area contributed by atoms with Crippen LogP contribution in [-0.2, 0) is 9.53 Å². The van der Waals surface area contributed by atoms with Gasteiger partial charge in [0.05, 0.1) is 5.70 Å². The second-order valence-electron chi connectivity index (χ2n) is 8.57. The van der Waals surface area contributed by atoms with Crippen LogP contribution in [0, 0.1) is 11.3 Å². The molecular weight excluding hydrogens is 354 g/mol. The van der Waals surface area contributed by atoms with Crippen molar-refractivity contribution in [2.24, 2.45) is 10.9 Å². The Morgan fingerprint density at radius 2 is 1.96 bits per heavy atom. The molecular formula is C21H29N5O2. The van der Waals surface area contributed by atoms with Gasteiger partial charge in [0.15, 0.2) is 0 Å². The van der Waals surface area contributed by atoms with Gasteiger partial charge in [0, 0.05) is 50.1 Å². The number of ether oxygens (including phenoxy) is 1. The van der Waals surface area contributed by atoms with E-state index in [2.05, 4.69) is 20.1 Å². The molecule has 7 heteroatoms. The number of allylic oxidation sites excluding steroid dienone is 1. The van der Waals surface area contributed by atoms with Gasteiger partial charge in [-0.1, -0.05) is 0 Å². The van der Waals surface area contributed by atoms with Gasteiger partial charge in [-0.3, -0.25) is 15.2 Å². The number of hydrogen-bond donors (Lipinski definition) is 2. The molecule has 5 aliphatic rings. The first-order valence-electron chi connectivity index (χ1n) is 10.7. The van der Waals surface area contributed by atoms with Crippen molar-refractivity contribution in [2.75, 3.05) is 19.7 Å². The monoisotopic (exact) mass is 383 g/mol. The molecule has 0 aromatic carbocycles. The molecule has 2 bridgehead atoms. The van der Waals surface area contributed by atoms with Crippen LogP contribution in [-0.4, -0.2) is 65.6 Å². The number of nitrogens with one attached hydrogen (secondary N) is 2. The van der Waals surface area contributed by atoms with Gasteiger partial charge >= 0.3 is 0 Å². The predicted octanol–water partition coefficient (Wildman–Crippen LogP) is 2.02. The number of fused-ring (bicyclic) bond motifs is 2. The number of dihydropyridines is 1. The molecule has 0 radical (unpaired) electrons. The molecule has 4 heterocycles. The summed E-state index contributed by atoms with van der Waals surface area (Å²) < 4.78 is 5.70. The number of likely N-dealkylation sites (tertiary alicyclic amines) is 1. The standard InChI is InChI=1S/C21H29N5O2/c22-20-17(11-24-19-3-1-2-10-28-19)23-9-8-18(20)25-12-15-6-7-16(13-25)26(15)21(27)14-4-5-14/h8-9,11,14-16,19,22,24H,1-7,10,12-13H2/b17-11+,22-20?. The second-order valence-corrected chi connectivity index (χ2v) is 8.57. The lowest BCUT2D eigenvalue weighted by molar-refractivity contribution is -0.137. The first kappa shape index (κ1) is 17.9. The number of aliphatic imine (C=N–C) groups is 1. The van der Waals surface area contributed by atoms with E-state index in [0.717, 1.165) is 63.9 Å². The van der Waals surface area contributed by atoms with E-state index in [4.69, 9.17) is 10.1 Å². The third-order valence-corrected chi connectivity index (χ3v) is 6.55. The van der Waals surface area contributed by atoms with E-state index in [-0.39, 0.29) is 12.1 Å². The zero-order chi connectivity index (χ0) is 19.1. The van der Waals surface area contributed by atoms with Crippen molar-refractivity contribution in [2.45, 2.75) is 63.3 Å². The minimum Gasteiger partial charge on any atom is -0.366 e. The number of carbonyl (C=O) groups is 1. The van der Waals surface area contributed by atoms with Crippen LogP contribution in [0.15, 0.2) is 28.7 Å². The number of carbonyl (C=O) groups excluding carboxylic acids is 1. The molecule has 7 nitrogen and oxygen atoms in total. The number of rotatable bonds is 4. The maximum Gasteiger partial charge on any atom is 0.226 e. The average molecular weight is 383 g/mol. The Hall–Kier alpha value is -2.15. The van der Waals surface area contributed by atoms with Crippen LogP contribution >= 0.6 is 0 Å². The quantitative estimate of drug-likeness (QED) is 0.778. The third kappa shape index (κ3) is 3.36. The van der Waals surface area contributed by atoms with Gasteiger partial charge in [-0.05, 0) is 51.0 Å². The highest BCUT2D eigenvalue weighted by Crippen LogP contribution is 2.39. The topological polar surface area (TPSA) is 81.0 Å². The zero-order valence-electron chi connectivity index (χ0n) is 16.3. The molecule has 0 aromatic rings. The van der Waals surface area contributed by atoms with E-state index in [1.54, 1.807) is 6.21 Å². The Morgan fingerprint density at radius 3 is 2.64 bits per heavy atom. The van der Waals surface area contributed by atoms with E-state index in [1.165, 1.54) is 6.42 Å². The summed E-state index contributed by atoms with van der Waals surface area (Å²) in [7, 11) is 0. The van der Waals surface area contributed by atoms with Gasteiger partial charge in [0.25, 0.3) is 0 Å². The summed E-state index contributed by atoms with van der Waals surface area (Å²) in [6.07, 6.45) is 13.1. The van der Waals surface area contributed by atoms with Crippen LogP contribution in [0.4, 0.5) is 0 Å². The fraction of sp³-hybridized carbons (Fsp3) is 0.667. The summed E-state index contributed by atoms with van der Waals surface area (Å²) in [6.45, 7) is 2.44. The summed E-state index contributed by atoms with van der Waals surface area (Å²) in [5.41, 5.74) is 2.02. The van der Waals surface area contributed by atoms with Crippen molar-refractivity contribution >= 4 is 17.8 Å². The van der Waals surface area contributed by atoms with E-state index < -0.39 is 0 Å². The molecule has 0 aromatic heterocycles. The lowest BCUT2D eigenvalue weighted by Crippen LogP contribution is -2.56. The molecule has 28 heavy (non-hydrogen) atoms. The zero-order valence-corrected chi connectivity index (χ0v) is 16.3. The van der Waals surface area contributed by atoms with Crippen LogP contribution in [0.25, 0.3) is 0 Å². The molecule has 2 N–H and O–H groups in total. The Balaban J connectivity index is 1.25. The van der Waals surface area contributed by atoms with Crippen molar-refractivity contribution in [3.8, 4) is 0 Å². The fourth-order valence-corrected chi connectivity index (χ4v) is 4.88. The fourth-order valence-electron chi connectivity index (χ4n) is 4.88. The maximum absolute atomic E-state index is 12.7. The average Bonchev–Trinajstić information content (AvgIpc) is 3.53. The van der Waals surface area contributed by atoms with Gasteiger partial charge in [0.1, 0.15) is 17.6 Å². The summed E-state index contributed by atoms with van der Waals surface area (Å²) in [6, 6.07) is 0.584. The van der Waals surface area contributed by atoms with Crippen molar-refractivity contribution in [3.63, 3.8) is 0 Å². The molecule has 3 saturated heterocycles. The minimum atomic E-state index is 0.0198. The molecule has 150 valence electrons. The third-order valence-electron chi connectivity index (χ3n) is 6.55. The molecule has 4 aliphatic heterocycles. The summed E-state index contributed by atoms with van der Waals surface area (Å²) in [5, 5.41) is 11.9. The second kappa shape index (κ2) is 7.35. The lowest BCUT2D eigenvalue weighted by atomic mass is 10.1. The molecule has 3 atom stereocenters. The van der Waals surface area contributed by atoms with Crippen LogP contribution < -0.4 is 5.32 Å². The molecule has 1 amide bonds. The highest BCUT2D eigenvalue weighted by atomic mass is 16.5. The van der Waals surface area contributed by atoms with E-state index in [0.29, 0.717) is 29.4 Å². The van der Waals surface area contributed by atoms with Gasteiger partial charge in [-0.2, -0.15) is 0 Å². The van der Waals surface area contributed by atoms with E-state index in [9.17, 15) is 4.79 Å². The normalized spacial score (nSPS) is 34.0. The number of piperazine rings is 1. The van der Waals surface area contributed by atoms with Gasteiger partial charge < -0.3 is 19.9 Å². The van der Waals surface area contributed by atoms with Crippen molar-refractivity contribution in [1.29, 1.82) is 5.41 Å².